The van der Waals surface area contributed by atoms with Crippen molar-refractivity contribution in [3.8, 4) is 0 Å². The zero-order valence-corrected chi connectivity index (χ0v) is 12.8. The molecule has 0 unspecified atom stereocenters. The summed E-state index contributed by atoms with van der Waals surface area (Å²) >= 11 is 1.90. The Morgan fingerprint density at radius 1 is 1.50 bits per heavy atom. The van der Waals surface area contributed by atoms with Crippen LogP contribution >= 0.6 is 22.6 Å². The van der Waals surface area contributed by atoms with E-state index >= 15 is 0 Å². The molecule has 7 heteroatoms. The average molecular weight is 385 g/mol. The van der Waals surface area contributed by atoms with Gasteiger partial charge >= 0.3 is 5.97 Å². The highest BCUT2D eigenvalue weighted by Gasteiger charge is 2.15. The Bertz CT molecular complexity index is 740. The maximum atomic E-state index is 12.1. The molecule has 1 aromatic carbocycles. The quantitative estimate of drug-likeness (QED) is 0.616. The number of aromatic nitrogens is 2. The molecule has 0 bridgehead atoms. The van der Waals surface area contributed by atoms with E-state index in [2.05, 4.69) is 4.98 Å². The van der Waals surface area contributed by atoms with Gasteiger partial charge in [-0.15, -0.1) is 0 Å². The number of nitrogens with zero attached hydrogens (tertiary/aromatic N) is 2. The van der Waals surface area contributed by atoms with Crippen molar-refractivity contribution in [2.75, 3.05) is 5.73 Å². The van der Waals surface area contributed by atoms with Gasteiger partial charge in [0.1, 0.15) is 5.82 Å². The molecule has 0 aliphatic rings. The van der Waals surface area contributed by atoms with Crippen molar-refractivity contribution in [3.05, 3.63) is 55.3 Å². The lowest BCUT2D eigenvalue weighted by molar-refractivity contribution is 0.0696. The number of hydrogen-bond acceptors (Lipinski definition) is 4. The highest BCUT2D eigenvalue weighted by Crippen LogP contribution is 2.18. The second kappa shape index (κ2) is 5.61. The number of aromatic carboxylic acids is 1. The van der Waals surface area contributed by atoms with Gasteiger partial charge in [-0.3, -0.25) is 9.36 Å². The summed E-state index contributed by atoms with van der Waals surface area (Å²) in [6, 6.07) is 4.83. The first-order valence-corrected chi connectivity index (χ1v) is 6.82. The van der Waals surface area contributed by atoms with E-state index < -0.39 is 5.97 Å². The Morgan fingerprint density at radius 2 is 2.20 bits per heavy atom. The second-order valence-electron chi connectivity index (χ2n) is 4.23. The molecular formula is C13H12IN3O3. The standard InChI is InChI=1S/C13H12IN3O3/c1-7-16-5-9(14)12(18)17(7)6-8-3-2-4-10(15)11(8)13(19)20/h2-5H,6,15H2,1H3,(H,19,20). The van der Waals surface area contributed by atoms with Gasteiger partial charge < -0.3 is 10.8 Å². The highest BCUT2D eigenvalue weighted by atomic mass is 127. The lowest BCUT2D eigenvalue weighted by Gasteiger charge is -2.12. The van der Waals surface area contributed by atoms with E-state index in [0.717, 1.165) is 0 Å². The van der Waals surface area contributed by atoms with Crippen LogP contribution in [0.3, 0.4) is 0 Å². The predicted molar refractivity (Wildman–Crippen MR) is 82.9 cm³/mol. The number of nitrogens with two attached hydrogens (primary N) is 1. The molecule has 1 heterocycles. The monoisotopic (exact) mass is 385 g/mol. The maximum Gasteiger partial charge on any atom is 0.338 e. The van der Waals surface area contributed by atoms with Crippen LogP contribution in [0.4, 0.5) is 5.69 Å². The highest BCUT2D eigenvalue weighted by molar-refractivity contribution is 14.1. The second-order valence-corrected chi connectivity index (χ2v) is 5.39. The molecule has 0 atom stereocenters. The Balaban J connectivity index is 2.57. The van der Waals surface area contributed by atoms with Crippen LogP contribution in [0.5, 0.6) is 0 Å². The number of aryl methyl sites for hydroxylation is 1. The van der Waals surface area contributed by atoms with Crippen molar-refractivity contribution in [2.45, 2.75) is 13.5 Å². The van der Waals surface area contributed by atoms with Gasteiger partial charge in [0.05, 0.1) is 15.7 Å². The van der Waals surface area contributed by atoms with Crippen molar-refractivity contribution in [1.29, 1.82) is 0 Å². The Labute approximate surface area is 128 Å². The van der Waals surface area contributed by atoms with Gasteiger partial charge in [-0.1, -0.05) is 12.1 Å². The van der Waals surface area contributed by atoms with E-state index in [1.807, 2.05) is 22.6 Å². The molecule has 104 valence electrons. The summed E-state index contributed by atoms with van der Waals surface area (Å²) in [4.78, 5) is 27.5. The fraction of sp³-hybridized carbons (Fsp3) is 0.154. The van der Waals surface area contributed by atoms with Crippen LogP contribution < -0.4 is 11.3 Å². The van der Waals surface area contributed by atoms with Crippen molar-refractivity contribution in [3.63, 3.8) is 0 Å². The third-order valence-corrected chi connectivity index (χ3v) is 3.67. The number of anilines is 1. The molecule has 2 rings (SSSR count). The third-order valence-electron chi connectivity index (χ3n) is 2.93. The van der Waals surface area contributed by atoms with Crippen LogP contribution in [0.15, 0.2) is 29.2 Å². The van der Waals surface area contributed by atoms with Gasteiger partial charge in [0, 0.05) is 11.9 Å². The largest absolute Gasteiger partial charge is 0.478 e. The van der Waals surface area contributed by atoms with Crippen LogP contribution in [0.2, 0.25) is 0 Å². The Morgan fingerprint density at radius 3 is 2.85 bits per heavy atom. The molecular weight excluding hydrogens is 373 g/mol. The number of benzene rings is 1. The number of hydrogen-bond donors (Lipinski definition) is 2. The van der Waals surface area contributed by atoms with Gasteiger partial charge in [-0.25, -0.2) is 9.78 Å². The molecule has 0 amide bonds. The Hall–Kier alpha value is -1.90. The summed E-state index contributed by atoms with van der Waals surface area (Å²) in [6.07, 6.45) is 1.49. The van der Waals surface area contributed by atoms with Gasteiger partial charge in [-0.2, -0.15) is 0 Å². The summed E-state index contributed by atoms with van der Waals surface area (Å²) < 4.78 is 1.91. The Kier molecular flexibility index (Phi) is 4.07. The van der Waals surface area contributed by atoms with Crippen molar-refractivity contribution < 1.29 is 9.90 Å². The molecule has 2 aromatic rings. The normalized spacial score (nSPS) is 10.5. The summed E-state index contributed by atoms with van der Waals surface area (Å²) in [5, 5.41) is 9.23. The van der Waals surface area contributed by atoms with Gasteiger partial charge in [-0.05, 0) is 41.1 Å². The van der Waals surface area contributed by atoms with Crippen LogP contribution in [0.1, 0.15) is 21.7 Å². The minimum Gasteiger partial charge on any atom is -0.478 e. The fourth-order valence-electron chi connectivity index (χ4n) is 1.92. The van der Waals surface area contributed by atoms with Crippen LogP contribution in [0.25, 0.3) is 0 Å². The summed E-state index contributed by atoms with van der Waals surface area (Å²) in [5.74, 6) is -0.587. The zero-order chi connectivity index (χ0) is 14.9. The minimum absolute atomic E-state index is 0.0256. The number of carboxylic acid groups (broad SMARTS) is 1. The first kappa shape index (κ1) is 14.5. The van der Waals surface area contributed by atoms with E-state index in [1.54, 1.807) is 19.1 Å². The number of carbonyl (C=O) groups is 1. The van der Waals surface area contributed by atoms with E-state index in [1.165, 1.54) is 16.8 Å². The topological polar surface area (TPSA) is 98.2 Å². The average Bonchev–Trinajstić information content (AvgIpc) is 2.39. The summed E-state index contributed by atoms with van der Waals surface area (Å²) in [7, 11) is 0. The molecule has 0 saturated heterocycles. The number of nitrogen functional groups attached to an aromatic ring is 1. The van der Waals surface area contributed by atoms with Gasteiger partial charge in [0.15, 0.2) is 0 Å². The molecule has 20 heavy (non-hydrogen) atoms. The molecule has 0 saturated carbocycles. The van der Waals surface area contributed by atoms with Crippen molar-refractivity contribution in [1.82, 2.24) is 9.55 Å². The van der Waals surface area contributed by atoms with E-state index in [-0.39, 0.29) is 23.4 Å². The summed E-state index contributed by atoms with van der Waals surface area (Å²) in [6.45, 7) is 1.82. The number of halogens is 1. The fourth-order valence-corrected chi connectivity index (χ4v) is 2.35. The predicted octanol–water partition coefficient (Wildman–Crippen LogP) is 1.49. The first-order valence-electron chi connectivity index (χ1n) is 5.74. The lowest BCUT2D eigenvalue weighted by atomic mass is 10.1. The molecule has 0 aliphatic heterocycles. The van der Waals surface area contributed by atoms with Crippen molar-refractivity contribution >= 4 is 34.2 Å². The lowest BCUT2D eigenvalue weighted by Crippen LogP contribution is -2.27. The first-order chi connectivity index (χ1) is 9.41. The van der Waals surface area contributed by atoms with Crippen LogP contribution in [-0.4, -0.2) is 20.6 Å². The maximum absolute atomic E-state index is 12.1. The van der Waals surface area contributed by atoms with E-state index in [0.29, 0.717) is 15.0 Å². The summed E-state index contributed by atoms with van der Waals surface area (Å²) in [5.41, 5.74) is 6.18. The van der Waals surface area contributed by atoms with Gasteiger partial charge in [0.25, 0.3) is 5.56 Å². The molecule has 0 radical (unpaired) electrons. The zero-order valence-electron chi connectivity index (χ0n) is 10.6. The molecule has 3 N–H and O–H groups in total. The molecule has 1 aromatic heterocycles. The number of rotatable bonds is 3. The molecule has 0 aliphatic carbocycles. The molecule has 0 fully saturated rings. The smallest absolute Gasteiger partial charge is 0.338 e. The molecule has 0 spiro atoms. The SMILES string of the molecule is Cc1ncc(I)c(=O)n1Cc1cccc(N)c1C(=O)O. The third kappa shape index (κ3) is 2.67. The number of carboxylic acids is 1. The van der Waals surface area contributed by atoms with Crippen LogP contribution in [-0.2, 0) is 6.54 Å². The minimum atomic E-state index is -1.11. The van der Waals surface area contributed by atoms with E-state index in [9.17, 15) is 14.7 Å². The molecule has 6 nitrogen and oxygen atoms in total. The van der Waals surface area contributed by atoms with Gasteiger partial charge in [0.2, 0.25) is 0 Å². The van der Waals surface area contributed by atoms with Crippen LogP contribution in [0, 0.1) is 10.5 Å². The van der Waals surface area contributed by atoms with E-state index in [4.69, 9.17) is 5.73 Å². The van der Waals surface area contributed by atoms with Crippen molar-refractivity contribution in [2.24, 2.45) is 0 Å².